The number of hydrogen-bond donors (Lipinski definition) is 2. The van der Waals surface area contributed by atoms with Crippen LogP contribution < -0.4 is 15.8 Å². The summed E-state index contributed by atoms with van der Waals surface area (Å²) >= 11 is 6.22. The summed E-state index contributed by atoms with van der Waals surface area (Å²) in [6.45, 7) is 0. The molecule has 1 saturated heterocycles. The maximum absolute atomic E-state index is 11.7. The fourth-order valence-corrected chi connectivity index (χ4v) is 3.57. The molecule has 3 N–H and O–H groups in total. The van der Waals surface area contributed by atoms with Gasteiger partial charge in [-0.15, -0.1) is 12.4 Å². The van der Waals surface area contributed by atoms with Crippen molar-refractivity contribution in [2.45, 2.75) is 12.5 Å². The van der Waals surface area contributed by atoms with Crippen LogP contribution in [-0.2, 0) is 20.7 Å². The summed E-state index contributed by atoms with van der Waals surface area (Å²) in [5, 5.41) is 2.59. The molecule has 0 aliphatic carbocycles. The zero-order chi connectivity index (χ0) is 20.1. The normalized spacial score (nSPS) is 15.4. The highest BCUT2D eigenvalue weighted by atomic mass is 35.5. The molecule has 1 aliphatic rings. The highest BCUT2D eigenvalue weighted by Gasteiger charge is 2.21. The van der Waals surface area contributed by atoms with E-state index in [1.165, 1.54) is 18.9 Å². The first-order chi connectivity index (χ1) is 13.4. The highest BCUT2D eigenvalue weighted by Crippen LogP contribution is 2.27. The number of rotatable bonds is 6. The van der Waals surface area contributed by atoms with E-state index in [1.807, 2.05) is 48.5 Å². The molecule has 0 radical (unpaired) electrons. The van der Waals surface area contributed by atoms with E-state index in [4.69, 9.17) is 22.7 Å². The van der Waals surface area contributed by atoms with Gasteiger partial charge in [0.25, 0.3) is 5.91 Å². The van der Waals surface area contributed by atoms with Gasteiger partial charge in [-0.3, -0.25) is 9.59 Å². The van der Waals surface area contributed by atoms with Crippen molar-refractivity contribution < 1.29 is 19.1 Å². The van der Waals surface area contributed by atoms with Crippen LogP contribution in [0.5, 0.6) is 11.5 Å². The number of hydrogen-bond acceptors (Lipinski definition) is 7. The second kappa shape index (κ2) is 10.4. The summed E-state index contributed by atoms with van der Waals surface area (Å²) in [6.07, 6.45) is 2.17. The van der Waals surface area contributed by atoms with E-state index in [9.17, 15) is 9.59 Å². The van der Waals surface area contributed by atoms with Crippen molar-refractivity contribution in [3.8, 4) is 11.5 Å². The first-order valence-electron chi connectivity index (χ1n) is 8.40. The lowest BCUT2D eigenvalue weighted by atomic mass is 10.1. The molecule has 1 heterocycles. The van der Waals surface area contributed by atoms with Crippen molar-refractivity contribution in [1.82, 2.24) is 5.32 Å². The molecule has 6 nitrogen and oxygen atoms in total. The molecule has 2 aromatic rings. The Labute approximate surface area is 184 Å². The van der Waals surface area contributed by atoms with E-state index >= 15 is 0 Å². The number of benzene rings is 2. The third kappa shape index (κ3) is 6.30. The summed E-state index contributed by atoms with van der Waals surface area (Å²) in [5.74, 6) is 0.714. The molecule has 0 bridgehead atoms. The maximum atomic E-state index is 11.7. The Balaban J connectivity index is 0.00000300. The molecule has 2 aromatic carbocycles. The molecule has 0 saturated carbocycles. The Hall–Kier alpha value is -2.39. The third-order valence-corrected chi connectivity index (χ3v) is 5.10. The Morgan fingerprint density at radius 2 is 1.76 bits per heavy atom. The second-order valence-electron chi connectivity index (χ2n) is 6.00. The number of ether oxygens (including phenoxy) is 2. The minimum Gasteiger partial charge on any atom is -0.468 e. The average molecular weight is 451 g/mol. The number of carbonyl (C=O) groups is 2. The topological polar surface area (TPSA) is 90.7 Å². The summed E-state index contributed by atoms with van der Waals surface area (Å²) in [6, 6.07) is 14.0. The first kappa shape index (κ1) is 22.9. The monoisotopic (exact) mass is 450 g/mol. The number of thioether (sulfide) groups is 1. The van der Waals surface area contributed by atoms with E-state index in [1.54, 1.807) is 6.08 Å². The summed E-state index contributed by atoms with van der Waals surface area (Å²) in [7, 11) is 1.32. The largest absolute Gasteiger partial charge is 0.468 e. The van der Waals surface area contributed by atoms with Gasteiger partial charge in [-0.1, -0.05) is 48.2 Å². The van der Waals surface area contributed by atoms with E-state index in [-0.39, 0.29) is 18.3 Å². The lowest BCUT2D eigenvalue weighted by Gasteiger charge is -2.10. The maximum Gasteiger partial charge on any atom is 0.322 e. The Morgan fingerprint density at radius 3 is 2.28 bits per heavy atom. The molecule has 1 aliphatic heterocycles. The van der Waals surface area contributed by atoms with Crippen LogP contribution in [0, 0.1) is 0 Å². The van der Waals surface area contributed by atoms with Crippen molar-refractivity contribution in [1.29, 1.82) is 0 Å². The highest BCUT2D eigenvalue weighted by molar-refractivity contribution is 8.26. The van der Waals surface area contributed by atoms with Crippen LogP contribution in [0.15, 0.2) is 53.4 Å². The zero-order valence-corrected chi connectivity index (χ0v) is 17.9. The van der Waals surface area contributed by atoms with Crippen LogP contribution in [0.4, 0.5) is 0 Å². The van der Waals surface area contributed by atoms with Crippen molar-refractivity contribution in [2.24, 2.45) is 5.73 Å². The number of methoxy groups -OCH3 is 1. The molecule has 29 heavy (non-hydrogen) atoms. The van der Waals surface area contributed by atoms with Gasteiger partial charge in [0, 0.05) is 0 Å². The number of amides is 1. The van der Waals surface area contributed by atoms with Crippen LogP contribution >= 0.6 is 36.4 Å². The first-order valence-corrected chi connectivity index (χ1v) is 9.62. The SMILES string of the molecule is COC(=O)[C@@H](N)Cc1ccc(Oc2ccc(/C=C3\SC(=S)NC3=O)cc2)cc1.Cl. The van der Waals surface area contributed by atoms with Crippen LogP contribution in [0.1, 0.15) is 11.1 Å². The summed E-state index contributed by atoms with van der Waals surface area (Å²) in [5.41, 5.74) is 7.56. The van der Waals surface area contributed by atoms with Crippen LogP contribution in [-0.4, -0.2) is 29.3 Å². The van der Waals surface area contributed by atoms with Gasteiger partial charge in [-0.25, -0.2) is 0 Å². The molecule has 1 atom stereocenters. The Morgan fingerprint density at radius 1 is 1.17 bits per heavy atom. The molecular formula is C20H19ClN2O4S2. The van der Waals surface area contributed by atoms with E-state index in [2.05, 4.69) is 10.1 Å². The van der Waals surface area contributed by atoms with E-state index < -0.39 is 12.0 Å². The minimum absolute atomic E-state index is 0. The number of thiocarbonyl (C=S) groups is 1. The number of nitrogens with two attached hydrogens (primary N) is 1. The third-order valence-electron chi connectivity index (χ3n) is 3.94. The van der Waals surface area contributed by atoms with Crippen molar-refractivity contribution >= 4 is 58.7 Å². The van der Waals surface area contributed by atoms with Crippen LogP contribution in [0.3, 0.4) is 0 Å². The predicted molar refractivity (Wildman–Crippen MR) is 120 cm³/mol. The molecule has 3 rings (SSSR count). The van der Waals surface area contributed by atoms with Gasteiger partial charge in [0.15, 0.2) is 0 Å². The molecule has 0 unspecified atom stereocenters. The molecule has 152 valence electrons. The summed E-state index contributed by atoms with van der Waals surface area (Å²) < 4.78 is 10.9. The molecule has 0 spiro atoms. The minimum atomic E-state index is -0.687. The van der Waals surface area contributed by atoms with Gasteiger partial charge in [0.1, 0.15) is 21.9 Å². The lowest BCUT2D eigenvalue weighted by Crippen LogP contribution is -2.33. The summed E-state index contributed by atoms with van der Waals surface area (Å²) in [4.78, 5) is 23.7. The Kier molecular flexibility index (Phi) is 8.21. The van der Waals surface area contributed by atoms with Crippen LogP contribution in [0.25, 0.3) is 6.08 Å². The molecule has 1 fully saturated rings. The fourth-order valence-electron chi connectivity index (χ4n) is 2.52. The van der Waals surface area contributed by atoms with Crippen molar-refractivity contribution in [3.63, 3.8) is 0 Å². The van der Waals surface area contributed by atoms with E-state index in [0.29, 0.717) is 27.1 Å². The zero-order valence-electron chi connectivity index (χ0n) is 15.4. The molecule has 9 heteroatoms. The average Bonchev–Trinajstić information content (AvgIpc) is 3.01. The quantitative estimate of drug-likeness (QED) is 0.395. The van der Waals surface area contributed by atoms with Gasteiger partial charge in [-0.2, -0.15) is 0 Å². The fraction of sp³-hybridized carbons (Fsp3) is 0.150. The van der Waals surface area contributed by atoms with Gasteiger partial charge in [0.2, 0.25) is 0 Å². The van der Waals surface area contributed by atoms with Gasteiger partial charge < -0.3 is 20.5 Å². The molecular weight excluding hydrogens is 432 g/mol. The predicted octanol–water partition coefficient (Wildman–Crippen LogP) is 3.43. The van der Waals surface area contributed by atoms with Crippen LogP contribution in [0.2, 0.25) is 0 Å². The number of esters is 1. The Bertz CT molecular complexity index is 931. The van der Waals surface area contributed by atoms with Crippen molar-refractivity contribution in [3.05, 3.63) is 64.6 Å². The number of nitrogens with one attached hydrogen (secondary N) is 1. The lowest BCUT2D eigenvalue weighted by molar-refractivity contribution is -0.142. The smallest absolute Gasteiger partial charge is 0.322 e. The van der Waals surface area contributed by atoms with Crippen molar-refractivity contribution in [2.75, 3.05) is 7.11 Å². The van der Waals surface area contributed by atoms with Gasteiger partial charge in [-0.05, 0) is 47.9 Å². The molecule has 0 aromatic heterocycles. The molecule has 1 amide bonds. The van der Waals surface area contributed by atoms with E-state index in [0.717, 1.165) is 11.1 Å². The number of carbonyl (C=O) groups excluding carboxylic acids is 2. The van der Waals surface area contributed by atoms with Gasteiger partial charge in [0.05, 0.1) is 12.0 Å². The van der Waals surface area contributed by atoms with Gasteiger partial charge >= 0.3 is 5.97 Å². The second-order valence-corrected chi connectivity index (χ2v) is 7.72. The standard InChI is InChI=1S/C20H18N2O4S2.ClH/c1-25-19(24)16(21)10-12-2-6-14(7-3-12)26-15-8-4-13(5-9-15)11-17-18(23)22-20(27)28-17;/h2-9,11,16H,10,21H2,1H3,(H,22,23,27);1H/b17-11-;/t16-;/m0./s1. The number of halogens is 1.